The Balaban J connectivity index is 2.53. The number of fused-ring (bicyclic) bond motifs is 1. The zero-order valence-corrected chi connectivity index (χ0v) is 12.2. The molecule has 0 fully saturated rings. The Kier molecular flexibility index (Phi) is 4.34. The maximum atomic E-state index is 11.0. The van der Waals surface area contributed by atoms with E-state index in [0.29, 0.717) is 16.5 Å². The van der Waals surface area contributed by atoms with E-state index < -0.39 is 11.2 Å². The van der Waals surface area contributed by atoms with Crippen LogP contribution in [0.1, 0.15) is 6.92 Å². The molecule has 2 aromatic rings. The van der Waals surface area contributed by atoms with E-state index in [-0.39, 0.29) is 0 Å². The summed E-state index contributed by atoms with van der Waals surface area (Å²) >= 11 is 1.21. The molecule has 0 aliphatic heterocycles. The summed E-state index contributed by atoms with van der Waals surface area (Å²) in [5.74, 6) is 0.362. The van der Waals surface area contributed by atoms with Crippen molar-refractivity contribution in [1.82, 2.24) is 4.98 Å². The van der Waals surface area contributed by atoms with E-state index in [0.717, 1.165) is 10.8 Å². The number of carbonyl (C=O) groups is 1. The highest BCUT2D eigenvalue weighted by atomic mass is 32.2. The first-order valence-electron chi connectivity index (χ1n) is 5.97. The smallest absolute Gasteiger partial charge is 0.316 e. The summed E-state index contributed by atoms with van der Waals surface area (Å²) in [4.78, 5) is 15.2. The first-order valence-corrected chi connectivity index (χ1v) is 6.85. The Labute approximate surface area is 120 Å². The third kappa shape index (κ3) is 2.80. The highest BCUT2D eigenvalue weighted by Gasteiger charge is 2.16. The van der Waals surface area contributed by atoms with Crippen LogP contribution in [0.15, 0.2) is 29.4 Å². The second kappa shape index (κ2) is 6.00. The van der Waals surface area contributed by atoms with E-state index in [1.165, 1.54) is 11.8 Å². The number of ether oxygens (including phenoxy) is 2. The molecule has 6 heteroatoms. The van der Waals surface area contributed by atoms with Crippen molar-refractivity contribution < 1.29 is 19.4 Å². The molecule has 0 aliphatic rings. The molecule has 5 nitrogen and oxygen atoms in total. The fourth-order valence-corrected chi connectivity index (χ4v) is 2.65. The molecule has 20 heavy (non-hydrogen) atoms. The van der Waals surface area contributed by atoms with Gasteiger partial charge in [-0.2, -0.15) is 0 Å². The molecule has 0 saturated heterocycles. The third-order valence-electron chi connectivity index (χ3n) is 2.87. The maximum absolute atomic E-state index is 11.0. The number of rotatable bonds is 5. The summed E-state index contributed by atoms with van der Waals surface area (Å²) in [6.07, 6.45) is 1.66. The first kappa shape index (κ1) is 14.5. The molecule has 0 spiro atoms. The summed E-state index contributed by atoms with van der Waals surface area (Å²) in [6, 6.07) is 5.52. The monoisotopic (exact) mass is 293 g/mol. The Hall–Kier alpha value is -1.95. The van der Waals surface area contributed by atoms with Crippen molar-refractivity contribution in [2.24, 2.45) is 0 Å². The van der Waals surface area contributed by atoms with Crippen LogP contribution in [0.4, 0.5) is 0 Å². The van der Waals surface area contributed by atoms with Crippen LogP contribution in [0.25, 0.3) is 10.8 Å². The van der Waals surface area contributed by atoms with Crippen molar-refractivity contribution in [3.05, 3.63) is 24.4 Å². The van der Waals surface area contributed by atoms with Gasteiger partial charge in [0.15, 0.2) is 11.5 Å². The van der Waals surface area contributed by atoms with E-state index in [9.17, 15) is 4.79 Å². The van der Waals surface area contributed by atoms with Gasteiger partial charge in [-0.25, -0.2) is 4.98 Å². The van der Waals surface area contributed by atoms with Crippen molar-refractivity contribution in [2.45, 2.75) is 17.2 Å². The Bertz CT molecular complexity index is 644. The summed E-state index contributed by atoms with van der Waals surface area (Å²) in [5.41, 5.74) is 0. The van der Waals surface area contributed by atoms with Crippen LogP contribution in [0.2, 0.25) is 0 Å². The molecule has 1 N–H and O–H groups in total. The summed E-state index contributed by atoms with van der Waals surface area (Å²) in [5, 5.41) is 10.9. The van der Waals surface area contributed by atoms with Crippen molar-refractivity contribution in [3.8, 4) is 11.5 Å². The van der Waals surface area contributed by atoms with Gasteiger partial charge in [-0.05, 0) is 30.5 Å². The second-order valence-corrected chi connectivity index (χ2v) is 5.47. The average molecular weight is 293 g/mol. The lowest BCUT2D eigenvalue weighted by atomic mass is 10.1. The summed E-state index contributed by atoms with van der Waals surface area (Å²) < 4.78 is 10.5. The molecule has 1 atom stereocenters. The second-order valence-electron chi connectivity index (χ2n) is 4.14. The van der Waals surface area contributed by atoms with Crippen LogP contribution in [0.3, 0.4) is 0 Å². The molecular formula is C14H15NO4S. The fraction of sp³-hybridized carbons (Fsp3) is 0.286. The van der Waals surface area contributed by atoms with Gasteiger partial charge in [-0.3, -0.25) is 4.79 Å². The minimum absolute atomic E-state index is 0.568. The van der Waals surface area contributed by atoms with Crippen LogP contribution in [0, 0.1) is 0 Å². The molecule has 106 valence electrons. The van der Waals surface area contributed by atoms with Crippen LogP contribution in [-0.4, -0.2) is 35.5 Å². The van der Waals surface area contributed by atoms with Crippen molar-refractivity contribution in [1.29, 1.82) is 0 Å². The number of pyridine rings is 1. The molecule has 0 saturated carbocycles. The number of aliphatic carboxylic acids is 1. The van der Waals surface area contributed by atoms with Crippen LogP contribution in [0.5, 0.6) is 11.5 Å². The number of hydrogen-bond donors (Lipinski definition) is 1. The number of benzene rings is 1. The highest BCUT2D eigenvalue weighted by molar-refractivity contribution is 8.00. The van der Waals surface area contributed by atoms with Crippen LogP contribution in [-0.2, 0) is 4.79 Å². The van der Waals surface area contributed by atoms with E-state index in [1.807, 2.05) is 18.2 Å². The number of thioether (sulfide) groups is 1. The quantitative estimate of drug-likeness (QED) is 0.855. The Morgan fingerprint density at radius 3 is 2.55 bits per heavy atom. The van der Waals surface area contributed by atoms with E-state index in [1.54, 1.807) is 27.3 Å². The van der Waals surface area contributed by atoms with Gasteiger partial charge >= 0.3 is 5.97 Å². The van der Waals surface area contributed by atoms with Gasteiger partial charge in [0.05, 0.1) is 14.2 Å². The number of hydrogen-bond acceptors (Lipinski definition) is 5. The van der Waals surface area contributed by atoms with Crippen LogP contribution >= 0.6 is 11.8 Å². The van der Waals surface area contributed by atoms with Crippen molar-refractivity contribution in [3.63, 3.8) is 0 Å². The summed E-state index contributed by atoms with van der Waals surface area (Å²) in [7, 11) is 3.14. The standard InChI is InChI=1S/C14H15NO4S/c1-8(14(16)17)20-13-10-7-12(19-3)11(18-2)6-9(10)4-5-15-13/h4-8H,1-3H3,(H,16,17). The van der Waals surface area contributed by atoms with Gasteiger partial charge in [0.25, 0.3) is 0 Å². The minimum Gasteiger partial charge on any atom is -0.493 e. The van der Waals surface area contributed by atoms with Crippen LogP contribution < -0.4 is 9.47 Å². The predicted octanol–water partition coefficient (Wildman–Crippen LogP) is 2.82. The lowest BCUT2D eigenvalue weighted by Gasteiger charge is -2.12. The summed E-state index contributed by atoms with van der Waals surface area (Å²) in [6.45, 7) is 1.63. The first-order chi connectivity index (χ1) is 9.56. The molecular weight excluding hydrogens is 278 g/mol. The average Bonchev–Trinajstić information content (AvgIpc) is 2.45. The number of methoxy groups -OCH3 is 2. The molecule has 1 aromatic carbocycles. The zero-order chi connectivity index (χ0) is 14.7. The van der Waals surface area contributed by atoms with Gasteiger partial charge in [-0.1, -0.05) is 11.8 Å². The lowest BCUT2D eigenvalue weighted by molar-refractivity contribution is -0.136. The van der Waals surface area contributed by atoms with Gasteiger partial charge < -0.3 is 14.6 Å². The molecule has 1 aromatic heterocycles. The highest BCUT2D eigenvalue weighted by Crippen LogP contribution is 2.36. The SMILES string of the molecule is COc1cc2ccnc(SC(C)C(=O)O)c2cc1OC. The predicted molar refractivity (Wildman–Crippen MR) is 77.8 cm³/mol. The molecule has 0 radical (unpaired) electrons. The maximum Gasteiger partial charge on any atom is 0.316 e. The number of aromatic nitrogens is 1. The zero-order valence-electron chi connectivity index (χ0n) is 11.4. The van der Waals surface area contributed by atoms with E-state index in [2.05, 4.69) is 4.98 Å². The molecule has 0 amide bonds. The molecule has 0 bridgehead atoms. The Morgan fingerprint density at radius 2 is 1.95 bits per heavy atom. The molecule has 1 heterocycles. The number of carboxylic acids is 1. The van der Waals surface area contributed by atoms with Gasteiger partial charge in [0, 0.05) is 11.6 Å². The van der Waals surface area contributed by atoms with Crippen molar-refractivity contribution >= 4 is 28.5 Å². The lowest BCUT2D eigenvalue weighted by Crippen LogP contribution is -2.11. The normalized spacial score (nSPS) is 12.2. The number of nitrogens with zero attached hydrogens (tertiary/aromatic N) is 1. The van der Waals surface area contributed by atoms with Crippen molar-refractivity contribution in [2.75, 3.05) is 14.2 Å². The minimum atomic E-state index is -0.866. The molecule has 2 rings (SSSR count). The largest absolute Gasteiger partial charge is 0.493 e. The topological polar surface area (TPSA) is 68.7 Å². The van der Waals surface area contributed by atoms with Gasteiger partial charge in [0.1, 0.15) is 10.3 Å². The van der Waals surface area contributed by atoms with Gasteiger partial charge in [0.2, 0.25) is 0 Å². The third-order valence-corrected chi connectivity index (χ3v) is 3.97. The molecule has 1 unspecified atom stereocenters. The number of carboxylic acid groups (broad SMARTS) is 1. The Morgan fingerprint density at radius 1 is 1.30 bits per heavy atom. The van der Waals surface area contributed by atoms with Gasteiger partial charge in [-0.15, -0.1) is 0 Å². The van der Waals surface area contributed by atoms with E-state index in [4.69, 9.17) is 14.6 Å². The van der Waals surface area contributed by atoms with E-state index >= 15 is 0 Å². The fourth-order valence-electron chi connectivity index (χ4n) is 1.78. The molecule has 0 aliphatic carbocycles.